The van der Waals surface area contributed by atoms with E-state index in [1.165, 1.54) is 12.1 Å². The summed E-state index contributed by atoms with van der Waals surface area (Å²) in [5, 5.41) is 0.535. The summed E-state index contributed by atoms with van der Waals surface area (Å²) < 4.78 is 0. The van der Waals surface area contributed by atoms with Gasteiger partial charge in [0.2, 0.25) is 0 Å². The van der Waals surface area contributed by atoms with Gasteiger partial charge in [0.15, 0.2) is 0 Å². The van der Waals surface area contributed by atoms with Crippen LogP contribution in [0, 0.1) is 0 Å². The highest BCUT2D eigenvalue weighted by Gasteiger charge is 2.26. The minimum atomic E-state index is -0.854. The van der Waals surface area contributed by atoms with Crippen LogP contribution in [0.2, 0.25) is 10.0 Å². The highest BCUT2D eigenvalue weighted by atomic mass is 35.5. The van der Waals surface area contributed by atoms with Crippen molar-refractivity contribution in [3.63, 3.8) is 0 Å². The van der Waals surface area contributed by atoms with Crippen molar-refractivity contribution >= 4 is 35.1 Å². The second kappa shape index (κ2) is 8.14. The molecule has 28 heavy (non-hydrogen) atoms. The monoisotopic (exact) mass is 422 g/mol. The van der Waals surface area contributed by atoms with Gasteiger partial charge in [-0.15, -0.1) is 0 Å². The summed E-state index contributed by atoms with van der Waals surface area (Å²) in [7, 11) is 0. The van der Waals surface area contributed by atoms with E-state index >= 15 is 0 Å². The molecule has 4 nitrogen and oxygen atoms in total. The van der Waals surface area contributed by atoms with Crippen LogP contribution in [0.25, 0.3) is 0 Å². The molecule has 0 heterocycles. The summed E-state index contributed by atoms with van der Waals surface area (Å²) in [6, 6.07) is 10.1. The molecule has 2 aromatic rings. The standard InChI is InChI=1S/C22H24Cl2O4/c1-21(2,3)15-11-7-9-13(17(15)23)19(25)27-28-20(26)14-10-8-12-16(18(14)24)22(4,5)6/h7-12H,1-6H3. The highest BCUT2D eigenvalue weighted by molar-refractivity contribution is 6.35. The Morgan fingerprint density at radius 1 is 0.679 bits per heavy atom. The van der Waals surface area contributed by atoms with Crippen LogP contribution in [0.15, 0.2) is 36.4 Å². The first kappa shape index (κ1) is 22.3. The number of rotatable bonds is 2. The first-order chi connectivity index (χ1) is 12.8. The molecule has 2 rings (SSSR count). The third-order valence-corrected chi connectivity index (χ3v) is 5.06. The van der Waals surface area contributed by atoms with E-state index in [1.54, 1.807) is 12.1 Å². The fraction of sp³-hybridized carbons (Fsp3) is 0.364. The van der Waals surface area contributed by atoms with Gasteiger partial charge in [0.05, 0.1) is 21.2 Å². The second-order valence-corrected chi connectivity index (χ2v) is 9.33. The zero-order valence-electron chi connectivity index (χ0n) is 16.9. The largest absolute Gasteiger partial charge is 0.387 e. The Morgan fingerprint density at radius 3 is 1.29 bits per heavy atom. The van der Waals surface area contributed by atoms with E-state index in [0.717, 1.165) is 11.1 Å². The number of carbonyl (C=O) groups is 2. The maximum Gasteiger partial charge on any atom is 0.387 e. The summed E-state index contributed by atoms with van der Waals surface area (Å²) in [6.07, 6.45) is 0. The Morgan fingerprint density at radius 2 is 1.00 bits per heavy atom. The van der Waals surface area contributed by atoms with Gasteiger partial charge in [0, 0.05) is 0 Å². The topological polar surface area (TPSA) is 52.6 Å². The van der Waals surface area contributed by atoms with Crippen molar-refractivity contribution in [1.29, 1.82) is 0 Å². The van der Waals surface area contributed by atoms with E-state index < -0.39 is 11.9 Å². The lowest BCUT2D eigenvalue weighted by molar-refractivity contribution is -0.187. The molecule has 0 radical (unpaired) electrons. The molecule has 150 valence electrons. The van der Waals surface area contributed by atoms with E-state index in [0.29, 0.717) is 0 Å². The molecule has 0 aromatic heterocycles. The van der Waals surface area contributed by atoms with Crippen molar-refractivity contribution in [2.75, 3.05) is 0 Å². The first-order valence-corrected chi connectivity index (χ1v) is 9.61. The summed E-state index contributed by atoms with van der Waals surface area (Å²) in [5.41, 5.74) is 1.30. The van der Waals surface area contributed by atoms with Crippen LogP contribution in [0.1, 0.15) is 73.4 Å². The molecular formula is C22H24Cl2O4. The first-order valence-electron chi connectivity index (χ1n) is 8.85. The average molecular weight is 423 g/mol. The lowest BCUT2D eigenvalue weighted by Gasteiger charge is -2.22. The molecule has 0 atom stereocenters. The van der Waals surface area contributed by atoms with Gasteiger partial charge >= 0.3 is 11.9 Å². The van der Waals surface area contributed by atoms with Crippen molar-refractivity contribution < 1.29 is 19.4 Å². The molecule has 0 saturated carbocycles. The van der Waals surface area contributed by atoms with Crippen molar-refractivity contribution in [3.8, 4) is 0 Å². The molecule has 0 aliphatic rings. The van der Waals surface area contributed by atoms with Crippen LogP contribution in [-0.4, -0.2) is 11.9 Å². The smallest absolute Gasteiger partial charge is 0.241 e. The average Bonchev–Trinajstić information content (AvgIpc) is 2.57. The normalized spacial score (nSPS) is 11.9. The third-order valence-electron chi connectivity index (χ3n) is 4.25. The van der Waals surface area contributed by atoms with E-state index in [-0.39, 0.29) is 32.0 Å². The molecular weight excluding hydrogens is 399 g/mol. The zero-order chi connectivity index (χ0) is 21.3. The van der Waals surface area contributed by atoms with E-state index in [4.69, 9.17) is 33.0 Å². The van der Waals surface area contributed by atoms with Crippen molar-refractivity contribution in [1.82, 2.24) is 0 Å². The summed E-state index contributed by atoms with van der Waals surface area (Å²) in [5.74, 6) is -1.71. The molecule has 0 spiro atoms. The maximum absolute atomic E-state index is 12.4. The lowest BCUT2D eigenvalue weighted by Crippen LogP contribution is -2.17. The number of hydrogen-bond acceptors (Lipinski definition) is 4. The molecule has 0 fully saturated rings. The van der Waals surface area contributed by atoms with Gasteiger partial charge < -0.3 is 0 Å². The quantitative estimate of drug-likeness (QED) is 0.408. The Bertz CT molecular complexity index is 830. The van der Waals surface area contributed by atoms with Crippen LogP contribution in [0.5, 0.6) is 0 Å². The van der Waals surface area contributed by atoms with Crippen LogP contribution in [-0.2, 0) is 20.6 Å². The predicted octanol–water partition coefficient (Wildman–Crippen LogP) is 6.52. The number of halogens is 2. The van der Waals surface area contributed by atoms with Crippen molar-refractivity contribution in [2.45, 2.75) is 52.4 Å². The fourth-order valence-corrected chi connectivity index (χ4v) is 3.68. The predicted molar refractivity (Wildman–Crippen MR) is 111 cm³/mol. The SMILES string of the molecule is CC(C)(C)c1cccc(C(=O)OOC(=O)c2cccc(C(C)(C)C)c2Cl)c1Cl. The number of hydrogen-bond donors (Lipinski definition) is 0. The van der Waals surface area contributed by atoms with Gasteiger partial charge in [-0.1, -0.05) is 89.0 Å². The van der Waals surface area contributed by atoms with Crippen LogP contribution in [0.3, 0.4) is 0 Å². The maximum atomic E-state index is 12.4. The van der Waals surface area contributed by atoms with Crippen molar-refractivity contribution in [3.05, 3.63) is 68.7 Å². The van der Waals surface area contributed by atoms with Crippen LogP contribution in [0.4, 0.5) is 0 Å². The Balaban J connectivity index is 2.20. The summed E-state index contributed by atoms with van der Waals surface area (Å²) in [4.78, 5) is 34.2. The second-order valence-electron chi connectivity index (χ2n) is 8.58. The zero-order valence-corrected chi connectivity index (χ0v) is 18.4. The minimum Gasteiger partial charge on any atom is -0.241 e. The molecule has 0 N–H and O–H groups in total. The fourth-order valence-electron chi connectivity index (χ4n) is 2.70. The van der Waals surface area contributed by atoms with Crippen LogP contribution < -0.4 is 0 Å². The minimum absolute atomic E-state index is 0.122. The Kier molecular flexibility index (Phi) is 6.47. The van der Waals surface area contributed by atoms with Gasteiger partial charge in [0.25, 0.3) is 0 Å². The van der Waals surface area contributed by atoms with Gasteiger partial charge in [-0.25, -0.2) is 19.4 Å². The molecule has 6 heteroatoms. The van der Waals surface area contributed by atoms with Crippen LogP contribution >= 0.6 is 23.2 Å². The molecule has 2 aromatic carbocycles. The van der Waals surface area contributed by atoms with Gasteiger partial charge in [-0.3, -0.25) is 0 Å². The molecule has 0 aliphatic carbocycles. The van der Waals surface area contributed by atoms with E-state index in [2.05, 4.69) is 0 Å². The Labute approximate surface area is 175 Å². The molecule has 0 bridgehead atoms. The molecule has 0 amide bonds. The molecule has 0 aliphatic heterocycles. The van der Waals surface area contributed by atoms with Gasteiger partial charge in [0.1, 0.15) is 0 Å². The summed E-state index contributed by atoms with van der Waals surface area (Å²) in [6.45, 7) is 11.9. The molecule has 0 unspecified atom stereocenters. The lowest BCUT2D eigenvalue weighted by atomic mass is 9.86. The number of carbonyl (C=O) groups excluding carboxylic acids is 2. The van der Waals surface area contributed by atoms with E-state index in [9.17, 15) is 9.59 Å². The molecule has 0 saturated heterocycles. The highest BCUT2D eigenvalue weighted by Crippen LogP contribution is 2.33. The van der Waals surface area contributed by atoms with Crippen molar-refractivity contribution in [2.24, 2.45) is 0 Å². The third kappa shape index (κ3) is 4.86. The van der Waals surface area contributed by atoms with Gasteiger partial charge in [-0.2, -0.15) is 0 Å². The Hall–Kier alpha value is -2.04. The van der Waals surface area contributed by atoms with E-state index in [1.807, 2.05) is 53.7 Å². The van der Waals surface area contributed by atoms with Gasteiger partial charge in [-0.05, 0) is 34.1 Å². The number of benzene rings is 2. The summed E-state index contributed by atoms with van der Waals surface area (Å²) >= 11 is 12.7.